The molecule has 3 aromatic rings. The number of rotatable bonds is 8. The Labute approximate surface area is 191 Å². The summed E-state index contributed by atoms with van der Waals surface area (Å²) in [5.74, 6) is -0.641. The second-order valence-corrected chi connectivity index (χ2v) is 8.30. The van der Waals surface area contributed by atoms with Crippen molar-refractivity contribution < 1.29 is 24.2 Å². The average Bonchev–Trinajstić information content (AvgIpc) is 3.41. The van der Waals surface area contributed by atoms with Gasteiger partial charge in [0.2, 0.25) is 11.9 Å². The maximum atomic E-state index is 12.3. The van der Waals surface area contributed by atoms with Gasteiger partial charge in [0, 0.05) is 24.9 Å². The lowest BCUT2D eigenvalue weighted by Gasteiger charge is -2.17. The molecule has 3 atom stereocenters. The zero-order valence-electron chi connectivity index (χ0n) is 18.5. The number of nitrogens with zero attached hydrogens (tertiary/aromatic N) is 4. The van der Waals surface area contributed by atoms with E-state index in [0.717, 1.165) is 0 Å². The molecule has 2 aromatic heterocycles. The monoisotopic (exact) mass is 453 g/mol. The number of carbonyl (C=O) groups excluding carboxylic acids is 2. The molecule has 2 N–H and O–H groups in total. The molecule has 1 saturated heterocycles. The van der Waals surface area contributed by atoms with Crippen LogP contribution in [0.5, 0.6) is 0 Å². The summed E-state index contributed by atoms with van der Waals surface area (Å²) < 4.78 is 13.5. The fraction of sp³-hybridized carbons (Fsp3) is 0.435. The van der Waals surface area contributed by atoms with Crippen LogP contribution in [0.25, 0.3) is 11.2 Å². The topological polar surface area (TPSA) is 128 Å². The molecule has 10 heteroatoms. The van der Waals surface area contributed by atoms with E-state index in [1.807, 2.05) is 10.6 Å². The van der Waals surface area contributed by atoms with Crippen LogP contribution in [0, 0.1) is 11.8 Å². The molecule has 0 bridgehead atoms. The highest BCUT2D eigenvalue weighted by molar-refractivity contribution is 5.91. The number of hydrogen-bond donors (Lipinski definition) is 2. The molecular formula is C23H27N5O5. The van der Waals surface area contributed by atoms with Crippen molar-refractivity contribution in [3.63, 3.8) is 0 Å². The average molecular weight is 453 g/mol. The molecule has 0 aliphatic carbocycles. The van der Waals surface area contributed by atoms with Gasteiger partial charge in [0.1, 0.15) is 11.7 Å². The summed E-state index contributed by atoms with van der Waals surface area (Å²) >= 11 is 0. The summed E-state index contributed by atoms with van der Waals surface area (Å²) in [5.41, 5.74) is 1.59. The summed E-state index contributed by atoms with van der Waals surface area (Å²) in [6, 6.07) is 8.81. The number of hydrogen-bond acceptors (Lipinski definition) is 8. The highest BCUT2D eigenvalue weighted by atomic mass is 16.5. The molecule has 10 nitrogen and oxygen atoms in total. The highest BCUT2D eigenvalue weighted by Crippen LogP contribution is 2.36. The number of aliphatic hydroxyl groups excluding tert-OH is 1. The number of esters is 1. The molecule has 1 fully saturated rings. The van der Waals surface area contributed by atoms with E-state index in [0.29, 0.717) is 29.6 Å². The van der Waals surface area contributed by atoms with Gasteiger partial charge in [0.05, 0.1) is 30.8 Å². The Kier molecular flexibility index (Phi) is 6.95. The first-order chi connectivity index (χ1) is 16.0. The molecule has 4 rings (SSSR count). The second kappa shape index (κ2) is 10.1. The van der Waals surface area contributed by atoms with Crippen molar-refractivity contribution in [2.24, 2.45) is 11.8 Å². The third-order valence-electron chi connectivity index (χ3n) is 5.62. The fourth-order valence-corrected chi connectivity index (χ4v) is 3.77. The third-order valence-corrected chi connectivity index (χ3v) is 5.62. The lowest BCUT2D eigenvalue weighted by Crippen LogP contribution is -2.23. The Balaban J connectivity index is 1.46. The fourth-order valence-electron chi connectivity index (χ4n) is 3.77. The normalized spacial score (nSPS) is 20.3. The maximum Gasteiger partial charge on any atom is 0.338 e. The van der Waals surface area contributed by atoms with Gasteiger partial charge in [-0.2, -0.15) is 4.98 Å². The van der Waals surface area contributed by atoms with Crippen molar-refractivity contribution in [1.82, 2.24) is 19.5 Å². The molecule has 0 radical (unpaired) electrons. The van der Waals surface area contributed by atoms with Gasteiger partial charge >= 0.3 is 5.97 Å². The summed E-state index contributed by atoms with van der Waals surface area (Å²) in [5, 5.41) is 12.1. The van der Waals surface area contributed by atoms with Crippen LogP contribution in [0.15, 0.2) is 42.9 Å². The van der Waals surface area contributed by atoms with E-state index in [9.17, 15) is 14.7 Å². The molecule has 33 heavy (non-hydrogen) atoms. The van der Waals surface area contributed by atoms with Gasteiger partial charge in [-0.15, -0.1) is 0 Å². The van der Waals surface area contributed by atoms with Gasteiger partial charge in [-0.25, -0.2) is 14.8 Å². The van der Waals surface area contributed by atoms with Gasteiger partial charge in [-0.3, -0.25) is 10.1 Å². The van der Waals surface area contributed by atoms with Crippen LogP contribution in [0.2, 0.25) is 0 Å². The van der Waals surface area contributed by atoms with Crippen LogP contribution in [0.3, 0.4) is 0 Å². The first-order valence-corrected chi connectivity index (χ1v) is 10.9. The van der Waals surface area contributed by atoms with Gasteiger partial charge in [-0.05, 0) is 18.6 Å². The number of aromatic nitrogens is 4. The van der Waals surface area contributed by atoms with Crippen LogP contribution in [-0.4, -0.2) is 55.8 Å². The predicted octanol–water partition coefficient (Wildman–Crippen LogP) is 2.56. The Morgan fingerprint density at radius 3 is 2.79 bits per heavy atom. The maximum absolute atomic E-state index is 12.3. The largest absolute Gasteiger partial charge is 0.462 e. The predicted molar refractivity (Wildman–Crippen MR) is 119 cm³/mol. The number of aliphatic hydroxyl groups is 1. The van der Waals surface area contributed by atoms with Crippen molar-refractivity contribution in [2.45, 2.75) is 39.0 Å². The van der Waals surface area contributed by atoms with Crippen molar-refractivity contribution in [3.05, 3.63) is 48.4 Å². The lowest BCUT2D eigenvalue weighted by molar-refractivity contribution is -0.118. The minimum atomic E-state index is -0.390. The minimum absolute atomic E-state index is 0.0345. The van der Waals surface area contributed by atoms with Gasteiger partial charge in [0.25, 0.3) is 0 Å². The van der Waals surface area contributed by atoms with Crippen LogP contribution >= 0.6 is 0 Å². The SMILES string of the molecule is CC(C)C(=O)Nc1ncc2c(ncn2[C@@H]2C[C@H](COC(=O)c3ccccc3)[C@@H](CCO)O2)n1. The van der Waals surface area contributed by atoms with E-state index in [-0.39, 0.29) is 55.2 Å². The summed E-state index contributed by atoms with van der Waals surface area (Å²) in [7, 11) is 0. The standard InChI is InChI=1S/C23H27N5O5/c1-14(2)21(30)27-23-24-11-17-20(26-23)25-13-28(17)19-10-16(18(33-19)8-9-29)12-32-22(31)15-6-4-3-5-7-15/h3-7,11,13-14,16,18-19,29H,8-10,12H2,1-2H3,(H,24,26,27,30)/t16-,18-,19+/m1/s1. The first-order valence-electron chi connectivity index (χ1n) is 10.9. The van der Waals surface area contributed by atoms with E-state index >= 15 is 0 Å². The number of anilines is 1. The summed E-state index contributed by atoms with van der Waals surface area (Å²) in [4.78, 5) is 37.1. The summed E-state index contributed by atoms with van der Waals surface area (Å²) in [6.45, 7) is 3.73. The Bertz CT molecular complexity index is 1120. The molecule has 0 unspecified atom stereocenters. The second-order valence-electron chi connectivity index (χ2n) is 8.30. The number of nitrogens with one attached hydrogen (secondary N) is 1. The van der Waals surface area contributed by atoms with Crippen LogP contribution in [0.4, 0.5) is 5.95 Å². The molecule has 1 aliphatic rings. The van der Waals surface area contributed by atoms with E-state index in [4.69, 9.17) is 9.47 Å². The number of fused-ring (bicyclic) bond motifs is 1. The molecular weight excluding hydrogens is 426 g/mol. The van der Waals surface area contributed by atoms with Crippen LogP contribution in [-0.2, 0) is 14.3 Å². The van der Waals surface area contributed by atoms with Crippen molar-refractivity contribution in [1.29, 1.82) is 0 Å². The van der Waals surface area contributed by atoms with E-state index in [2.05, 4.69) is 20.3 Å². The number of imidazole rings is 1. The molecule has 3 heterocycles. The molecule has 0 saturated carbocycles. The highest BCUT2D eigenvalue weighted by Gasteiger charge is 2.37. The number of carbonyl (C=O) groups is 2. The third kappa shape index (κ3) is 5.18. The van der Waals surface area contributed by atoms with E-state index in [1.54, 1.807) is 50.6 Å². The van der Waals surface area contributed by atoms with Gasteiger partial charge in [0.15, 0.2) is 5.65 Å². The summed E-state index contributed by atoms with van der Waals surface area (Å²) in [6.07, 6.45) is 3.58. The molecule has 0 spiro atoms. The van der Waals surface area contributed by atoms with Crippen molar-refractivity contribution >= 4 is 29.0 Å². The zero-order chi connectivity index (χ0) is 23.4. The first kappa shape index (κ1) is 22.8. The molecule has 1 amide bonds. The Hall–Kier alpha value is -3.37. The zero-order valence-corrected chi connectivity index (χ0v) is 18.5. The molecule has 1 aromatic carbocycles. The van der Waals surface area contributed by atoms with E-state index in [1.165, 1.54) is 0 Å². The quantitative estimate of drug-likeness (QED) is 0.498. The molecule has 174 valence electrons. The van der Waals surface area contributed by atoms with Crippen molar-refractivity contribution in [2.75, 3.05) is 18.5 Å². The Morgan fingerprint density at radius 1 is 1.27 bits per heavy atom. The van der Waals surface area contributed by atoms with Crippen LogP contribution < -0.4 is 5.32 Å². The molecule has 1 aliphatic heterocycles. The van der Waals surface area contributed by atoms with Gasteiger partial charge in [-0.1, -0.05) is 32.0 Å². The Morgan fingerprint density at radius 2 is 2.06 bits per heavy atom. The number of benzene rings is 1. The number of ether oxygens (including phenoxy) is 2. The van der Waals surface area contributed by atoms with E-state index < -0.39 is 0 Å². The van der Waals surface area contributed by atoms with Crippen molar-refractivity contribution in [3.8, 4) is 0 Å². The van der Waals surface area contributed by atoms with Gasteiger partial charge < -0.3 is 19.1 Å². The lowest BCUT2D eigenvalue weighted by atomic mass is 9.99. The smallest absolute Gasteiger partial charge is 0.338 e. The number of amides is 1. The minimum Gasteiger partial charge on any atom is -0.462 e. The van der Waals surface area contributed by atoms with Crippen LogP contribution in [0.1, 0.15) is 43.3 Å².